The van der Waals surface area contributed by atoms with Crippen molar-refractivity contribution in [3.8, 4) is 0 Å². The van der Waals surface area contributed by atoms with Crippen molar-refractivity contribution in [3.63, 3.8) is 0 Å². The van der Waals surface area contributed by atoms with Crippen molar-refractivity contribution < 1.29 is 0 Å². The molecule has 1 aromatic heterocycles. The van der Waals surface area contributed by atoms with Gasteiger partial charge in [0.2, 0.25) is 5.95 Å². The van der Waals surface area contributed by atoms with E-state index >= 15 is 0 Å². The number of hydrogen-bond acceptors (Lipinski definition) is 4. The predicted molar refractivity (Wildman–Crippen MR) is 118 cm³/mol. The van der Waals surface area contributed by atoms with Gasteiger partial charge in [-0.25, -0.2) is 9.97 Å². The van der Waals surface area contributed by atoms with Gasteiger partial charge >= 0.3 is 0 Å². The number of aromatic nitrogens is 2. The highest BCUT2D eigenvalue weighted by molar-refractivity contribution is 14.0. The van der Waals surface area contributed by atoms with E-state index in [2.05, 4.69) is 24.8 Å². The number of benzene rings is 1. The topological polar surface area (TPSA) is 70.6 Å². The van der Waals surface area contributed by atoms with Crippen LogP contribution in [0.2, 0.25) is 10.0 Å². The lowest BCUT2D eigenvalue weighted by Crippen LogP contribution is -2.51. The molecule has 140 valence electrons. The van der Waals surface area contributed by atoms with E-state index in [4.69, 9.17) is 28.9 Å². The minimum atomic E-state index is 0. The normalized spacial score (nSPS) is 14.9. The summed E-state index contributed by atoms with van der Waals surface area (Å²) in [5.74, 6) is 1.33. The van der Waals surface area contributed by atoms with Crippen molar-refractivity contribution in [2.24, 2.45) is 10.7 Å². The molecule has 26 heavy (non-hydrogen) atoms. The first-order valence-electron chi connectivity index (χ1n) is 8.14. The Morgan fingerprint density at radius 3 is 2.46 bits per heavy atom. The second-order valence-electron chi connectivity index (χ2n) is 5.75. The predicted octanol–water partition coefficient (Wildman–Crippen LogP) is 3.08. The molecule has 0 saturated carbocycles. The molecule has 1 aromatic carbocycles. The van der Waals surface area contributed by atoms with Crippen molar-refractivity contribution in [2.75, 3.05) is 37.6 Å². The molecule has 1 fully saturated rings. The molecule has 0 unspecified atom stereocenters. The smallest absolute Gasteiger partial charge is 0.225 e. The highest BCUT2D eigenvalue weighted by Gasteiger charge is 2.19. The van der Waals surface area contributed by atoms with Crippen LogP contribution >= 0.6 is 47.2 Å². The van der Waals surface area contributed by atoms with Crippen LogP contribution in [-0.2, 0) is 6.42 Å². The molecule has 0 amide bonds. The largest absolute Gasteiger partial charge is 0.370 e. The Hall–Kier alpha value is -1.32. The Bertz CT molecular complexity index is 735. The Kier molecular flexibility index (Phi) is 8.17. The zero-order valence-corrected chi connectivity index (χ0v) is 18.0. The average Bonchev–Trinajstić information content (AvgIpc) is 2.64. The summed E-state index contributed by atoms with van der Waals surface area (Å²) in [4.78, 5) is 17.3. The molecule has 2 aromatic rings. The van der Waals surface area contributed by atoms with E-state index in [0.717, 1.165) is 44.1 Å². The van der Waals surface area contributed by atoms with Gasteiger partial charge in [-0.3, -0.25) is 4.99 Å². The summed E-state index contributed by atoms with van der Waals surface area (Å²) in [5, 5.41) is 1.30. The molecular weight excluding hydrogens is 486 g/mol. The molecule has 0 aliphatic carbocycles. The molecule has 0 atom stereocenters. The second-order valence-corrected chi connectivity index (χ2v) is 6.59. The van der Waals surface area contributed by atoms with Crippen molar-refractivity contribution in [1.82, 2.24) is 14.9 Å². The quantitative estimate of drug-likeness (QED) is 0.392. The lowest BCUT2D eigenvalue weighted by Gasteiger charge is -2.35. The maximum atomic E-state index is 6.18. The summed E-state index contributed by atoms with van der Waals surface area (Å²) < 4.78 is 0. The van der Waals surface area contributed by atoms with E-state index in [0.29, 0.717) is 22.5 Å². The van der Waals surface area contributed by atoms with Crippen molar-refractivity contribution in [3.05, 3.63) is 52.3 Å². The molecule has 0 radical (unpaired) electrons. The average molecular weight is 507 g/mol. The van der Waals surface area contributed by atoms with E-state index in [9.17, 15) is 0 Å². The summed E-state index contributed by atoms with van der Waals surface area (Å²) in [6.07, 6.45) is 4.24. The van der Waals surface area contributed by atoms with Gasteiger partial charge in [0, 0.05) is 55.2 Å². The first-order chi connectivity index (χ1) is 12.1. The van der Waals surface area contributed by atoms with Gasteiger partial charge in [-0.1, -0.05) is 29.3 Å². The zero-order valence-electron chi connectivity index (χ0n) is 14.2. The van der Waals surface area contributed by atoms with Crippen LogP contribution < -0.4 is 10.6 Å². The molecule has 0 spiro atoms. The van der Waals surface area contributed by atoms with Crippen LogP contribution in [0.15, 0.2) is 41.7 Å². The first kappa shape index (κ1) is 21.0. The summed E-state index contributed by atoms with van der Waals surface area (Å²) >= 11 is 12.1. The van der Waals surface area contributed by atoms with Crippen LogP contribution in [0.4, 0.5) is 5.95 Å². The number of hydrogen-bond donors (Lipinski definition) is 1. The van der Waals surface area contributed by atoms with Crippen molar-refractivity contribution >= 4 is 59.1 Å². The minimum absolute atomic E-state index is 0. The van der Waals surface area contributed by atoms with E-state index < -0.39 is 0 Å². The summed E-state index contributed by atoms with van der Waals surface area (Å²) in [6.45, 7) is 3.84. The van der Waals surface area contributed by atoms with Crippen LogP contribution in [0, 0.1) is 0 Å². The van der Waals surface area contributed by atoms with Crippen LogP contribution in [0.25, 0.3) is 0 Å². The minimum Gasteiger partial charge on any atom is -0.370 e. The number of piperazine rings is 1. The Morgan fingerprint density at radius 2 is 1.81 bits per heavy atom. The summed E-state index contributed by atoms with van der Waals surface area (Å²) in [5.41, 5.74) is 7.15. The molecule has 1 aliphatic heterocycles. The SMILES string of the molecule is I.NC(=NCCc1ccc(Cl)cc1Cl)N1CCN(c2ncccn2)CC1. The van der Waals surface area contributed by atoms with E-state index in [1.807, 2.05) is 18.2 Å². The Balaban J connectivity index is 0.00000243. The standard InChI is InChI=1S/C17H20Cl2N6.HI/c18-14-3-2-13(15(19)12-14)4-7-21-16(20)24-8-10-25(11-9-24)17-22-5-1-6-23-17;/h1-3,5-6,12H,4,7-11H2,(H2,20,21);1H. The number of nitrogens with zero attached hydrogens (tertiary/aromatic N) is 5. The molecule has 3 rings (SSSR count). The molecule has 9 heteroatoms. The summed E-state index contributed by atoms with van der Waals surface area (Å²) in [6, 6.07) is 7.32. The number of guanidine groups is 1. The maximum Gasteiger partial charge on any atom is 0.225 e. The number of nitrogens with two attached hydrogens (primary N) is 1. The fourth-order valence-corrected chi connectivity index (χ4v) is 3.21. The lowest BCUT2D eigenvalue weighted by atomic mass is 10.1. The van der Waals surface area contributed by atoms with E-state index in [-0.39, 0.29) is 24.0 Å². The fourth-order valence-electron chi connectivity index (χ4n) is 2.71. The van der Waals surface area contributed by atoms with Gasteiger partial charge in [-0.2, -0.15) is 0 Å². The van der Waals surface area contributed by atoms with Gasteiger partial charge in [-0.05, 0) is 30.2 Å². The van der Waals surface area contributed by atoms with E-state index in [1.54, 1.807) is 18.5 Å². The summed E-state index contributed by atoms with van der Waals surface area (Å²) in [7, 11) is 0. The van der Waals surface area contributed by atoms with Gasteiger partial charge in [0.05, 0.1) is 0 Å². The van der Waals surface area contributed by atoms with Crippen molar-refractivity contribution in [1.29, 1.82) is 0 Å². The third kappa shape index (κ3) is 5.59. The Labute approximate surface area is 180 Å². The maximum absolute atomic E-state index is 6.18. The van der Waals surface area contributed by atoms with Crippen LogP contribution in [0.3, 0.4) is 0 Å². The molecule has 6 nitrogen and oxygen atoms in total. The monoisotopic (exact) mass is 506 g/mol. The fraction of sp³-hybridized carbons (Fsp3) is 0.353. The molecule has 1 aliphatic rings. The molecule has 2 N–H and O–H groups in total. The molecule has 2 heterocycles. The third-order valence-electron chi connectivity index (χ3n) is 4.11. The second kappa shape index (κ2) is 10.1. The van der Waals surface area contributed by atoms with Crippen LogP contribution in [-0.4, -0.2) is 53.6 Å². The van der Waals surface area contributed by atoms with Crippen LogP contribution in [0.1, 0.15) is 5.56 Å². The highest BCUT2D eigenvalue weighted by atomic mass is 127. The lowest BCUT2D eigenvalue weighted by molar-refractivity contribution is 0.378. The molecule has 0 bridgehead atoms. The van der Waals surface area contributed by atoms with Crippen LogP contribution in [0.5, 0.6) is 0 Å². The number of aliphatic imine (C=N–C) groups is 1. The molecule has 1 saturated heterocycles. The number of rotatable bonds is 4. The van der Waals surface area contributed by atoms with Gasteiger partial charge in [0.1, 0.15) is 0 Å². The van der Waals surface area contributed by atoms with Gasteiger partial charge in [0.15, 0.2) is 5.96 Å². The highest BCUT2D eigenvalue weighted by Crippen LogP contribution is 2.21. The number of anilines is 1. The van der Waals surface area contributed by atoms with E-state index in [1.165, 1.54) is 0 Å². The van der Waals surface area contributed by atoms with Gasteiger partial charge < -0.3 is 15.5 Å². The third-order valence-corrected chi connectivity index (χ3v) is 4.70. The zero-order chi connectivity index (χ0) is 17.6. The molecular formula is C17H21Cl2IN6. The number of halogens is 3. The Morgan fingerprint density at radius 1 is 1.12 bits per heavy atom. The van der Waals surface area contributed by atoms with Crippen molar-refractivity contribution in [2.45, 2.75) is 6.42 Å². The van der Waals surface area contributed by atoms with Gasteiger partial charge in [-0.15, -0.1) is 24.0 Å². The van der Waals surface area contributed by atoms with Gasteiger partial charge in [0.25, 0.3) is 0 Å². The first-order valence-corrected chi connectivity index (χ1v) is 8.90.